The zero-order valence-corrected chi connectivity index (χ0v) is 16.8. The Morgan fingerprint density at radius 1 is 1.03 bits per heavy atom. The van der Waals surface area contributed by atoms with Gasteiger partial charge in [-0.1, -0.05) is 24.3 Å². The lowest BCUT2D eigenvalue weighted by Gasteiger charge is -2.20. The van der Waals surface area contributed by atoms with Gasteiger partial charge in [-0.05, 0) is 67.5 Å². The molecule has 0 heterocycles. The molecule has 29 heavy (non-hydrogen) atoms. The van der Waals surface area contributed by atoms with E-state index in [0.717, 1.165) is 18.4 Å². The van der Waals surface area contributed by atoms with Gasteiger partial charge < -0.3 is 15.4 Å². The molecular formula is C23H26N2O4. The molecule has 0 bridgehead atoms. The fraction of sp³-hybridized carbons (Fsp3) is 0.348. The monoisotopic (exact) mass is 394 g/mol. The smallest absolute Gasteiger partial charge is 0.338 e. The third-order valence-corrected chi connectivity index (χ3v) is 5.00. The molecule has 6 heteroatoms. The van der Waals surface area contributed by atoms with Crippen LogP contribution in [0, 0.1) is 0 Å². The lowest BCUT2D eigenvalue weighted by molar-refractivity contribution is -0.124. The predicted molar refractivity (Wildman–Crippen MR) is 111 cm³/mol. The molecule has 3 rings (SSSR count). The Balaban J connectivity index is 1.53. The molecule has 2 aromatic carbocycles. The summed E-state index contributed by atoms with van der Waals surface area (Å²) in [6, 6.07) is 12.6. The summed E-state index contributed by atoms with van der Waals surface area (Å²) in [6.45, 7) is 2.94. The number of fused-ring (bicyclic) bond motifs is 1. The van der Waals surface area contributed by atoms with Gasteiger partial charge in [0.1, 0.15) is 0 Å². The van der Waals surface area contributed by atoms with E-state index >= 15 is 0 Å². The van der Waals surface area contributed by atoms with Gasteiger partial charge in [-0.25, -0.2) is 4.79 Å². The predicted octanol–water partition coefficient (Wildman–Crippen LogP) is 3.56. The Kier molecular flexibility index (Phi) is 6.65. The Morgan fingerprint density at radius 3 is 2.55 bits per heavy atom. The van der Waals surface area contributed by atoms with Crippen LogP contribution in [0.4, 0.5) is 5.69 Å². The maximum Gasteiger partial charge on any atom is 0.338 e. The molecule has 0 saturated carbocycles. The van der Waals surface area contributed by atoms with Gasteiger partial charge in [0.15, 0.2) is 6.61 Å². The number of esters is 1. The Hall–Kier alpha value is -3.15. The first-order valence-corrected chi connectivity index (χ1v) is 9.88. The number of hydrogen-bond acceptors (Lipinski definition) is 4. The van der Waals surface area contributed by atoms with Gasteiger partial charge in [0.2, 0.25) is 5.91 Å². The molecular weight excluding hydrogens is 368 g/mol. The number of amides is 2. The quantitative estimate of drug-likeness (QED) is 0.734. The van der Waals surface area contributed by atoms with Crippen LogP contribution in [0.1, 0.15) is 59.8 Å². The van der Waals surface area contributed by atoms with Crippen LogP contribution < -0.4 is 10.6 Å². The van der Waals surface area contributed by atoms with E-state index in [4.69, 9.17) is 4.74 Å². The van der Waals surface area contributed by atoms with Crippen molar-refractivity contribution in [3.8, 4) is 0 Å². The van der Waals surface area contributed by atoms with E-state index in [2.05, 4.69) is 28.8 Å². The highest BCUT2D eigenvalue weighted by molar-refractivity contribution is 5.94. The first-order valence-electron chi connectivity index (χ1n) is 9.88. The van der Waals surface area contributed by atoms with Crippen molar-refractivity contribution >= 4 is 23.5 Å². The maximum absolute atomic E-state index is 12.2. The zero-order valence-electron chi connectivity index (χ0n) is 16.8. The van der Waals surface area contributed by atoms with E-state index in [1.165, 1.54) is 37.0 Å². The van der Waals surface area contributed by atoms with E-state index in [1.54, 1.807) is 18.2 Å². The second-order valence-electron chi connectivity index (χ2n) is 7.36. The molecule has 0 aliphatic heterocycles. The Morgan fingerprint density at radius 2 is 1.79 bits per heavy atom. The van der Waals surface area contributed by atoms with Crippen molar-refractivity contribution < 1.29 is 19.1 Å². The highest BCUT2D eigenvalue weighted by atomic mass is 16.5. The molecule has 2 aromatic rings. The van der Waals surface area contributed by atoms with Crippen molar-refractivity contribution in [3.05, 3.63) is 64.7 Å². The third-order valence-electron chi connectivity index (χ3n) is 5.00. The van der Waals surface area contributed by atoms with Crippen molar-refractivity contribution in [2.45, 2.75) is 45.6 Å². The van der Waals surface area contributed by atoms with Crippen molar-refractivity contribution in [2.24, 2.45) is 0 Å². The molecule has 0 spiro atoms. The number of anilines is 1. The zero-order chi connectivity index (χ0) is 20.8. The van der Waals surface area contributed by atoms with Crippen LogP contribution >= 0.6 is 0 Å². The summed E-state index contributed by atoms with van der Waals surface area (Å²) in [7, 11) is 0. The number of benzene rings is 2. The molecule has 6 nitrogen and oxygen atoms in total. The summed E-state index contributed by atoms with van der Waals surface area (Å²) in [5, 5.41) is 5.48. The highest BCUT2D eigenvalue weighted by Crippen LogP contribution is 2.24. The van der Waals surface area contributed by atoms with Crippen molar-refractivity contribution in [2.75, 3.05) is 11.9 Å². The molecule has 0 radical (unpaired) electrons. The molecule has 1 aliphatic carbocycles. The lowest BCUT2D eigenvalue weighted by Crippen LogP contribution is -2.31. The summed E-state index contributed by atoms with van der Waals surface area (Å²) in [5.41, 5.74) is 4.58. The number of hydrogen-bond donors (Lipinski definition) is 2. The Bertz CT molecular complexity index is 923. The van der Waals surface area contributed by atoms with Crippen LogP contribution in [0.3, 0.4) is 0 Å². The molecule has 1 atom stereocenters. The minimum Gasteiger partial charge on any atom is -0.452 e. The molecule has 2 N–H and O–H groups in total. The number of aryl methyl sites for hydroxylation is 2. The van der Waals surface area contributed by atoms with Crippen LogP contribution in [-0.2, 0) is 27.2 Å². The number of ether oxygens (including phenoxy) is 1. The Labute approximate surface area is 170 Å². The summed E-state index contributed by atoms with van der Waals surface area (Å²) >= 11 is 0. The fourth-order valence-corrected chi connectivity index (χ4v) is 3.53. The summed E-state index contributed by atoms with van der Waals surface area (Å²) in [6.07, 6.45) is 4.64. The van der Waals surface area contributed by atoms with Gasteiger partial charge in [-0.3, -0.25) is 9.59 Å². The molecule has 0 aromatic heterocycles. The van der Waals surface area contributed by atoms with Gasteiger partial charge in [0.05, 0.1) is 11.6 Å². The van der Waals surface area contributed by atoms with E-state index in [9.17, 15) is 14.4 Å². The number of nitrogens with one attached hydrogen (secondary N) is 2. The fourth-order valence-electron chi connectivity index (χ4n) is 3.53. The third kappa shape index (κ3) is 5.67. The molecule has 2 amide bonds. The normalized spacial score (nSPS) is 13.7. The molecule has 0 saturated heterocycles. The second kappa shape index (κ2) is 9.37. The number of rotatable bonds is 6. The minimum atomic E-state index is -0.617. The van der Waals surface area contributed by atoms with E-state index < -0.39 is 5.97 Å². The summed E-state index contributed by atoms with van der Waals surface area (Å²) < 4.78 is 5.11. The van der Waals surface area contributed by atoms with Crippen LogP contribution in [0.5, 0.6) is 0 Å². The SMILES string of the molecule is CC(=O)Nc1cccc(C(=O)OCC(=O)NC(C)c2ccc3c(c2)CCCC3)c1. The van der Waals surface area contributed by atoms with Crippen molar-refractivity contribution in [1.82, 2.24) is 5.32 Å². The summed E-state index contributed by atoms with van der Waals surface area (Å²) in [5.74, 6) is -1.21. The number of carbonyl (C=O) groups is 3. The molecule has 1 unspecified atom stereocenters. The van der Waals surface area contributed by atoms with E-state index in [1.807, 2.05) is 6.92 Å². The minimum absolute atomic E-state index is 0.170. The van der Waals surface area contributed by atoms with Gasteiger partial charge in [-0.15, -0.1) is 0 Å². The van der Waals surface area contributed by atoms with Crippen LogP contribution in [0.15, 0.2) is 42.5 Å². The number of carbonyl (C=O) groups excluding carboxylic acids is 3. The van der Waals surface area contributed by atoms with Crippen LogP contribution in [0.2, 0.25) is 0 Å². The molecule has 152 valence electrons. The van der Waals surface area contributed by atoms with Crippen molar-refractivity contribution in [1.29, 1.82) is 0 Å². The standard InChI is InChI=1S/C23H26N2O4/c1-15(18-11-10-17-6-3-4-7-19(17)12-18)24-22(27)14-29-23(28)20-8-5-9-21(13-20)25-16(2)26/h5,8-13,15H,3-4,6-7,14H2,1-2H3,(H,24,27)(H,25,26). The van der Waals surface area contributed by atoms with Crippen molar-refractivity contribution in [3.63, 3.8) is 0 Å². The first kappa shape index (κ1) is 20.6. The van der Waals surface area contributed by atoms with Gasteiger partial charge >= 0.3 is 5.97 Å². The molecule has 1 aliphatic rings. The maximum atomic E-state index is 12.2. The summed E-state index contributed by atoms with van der Waals surface area (Å²) in [4.78, 5) is 35.5. The van der Waals surface area contributed by atoms with Crippen LogP contribution in [0.25, 0.3) is 0 Å². The average molecular weight is 394 g/mol. The van der Waals surface area contributed by atoms with Gasteiger partial charge in [-0.2, -0.15) is 0 Å². The highest BCUT2D eigenvalue weighted by Gasteiger charge is 2.16. The lowest BCUT2D eigenvalue weighted by atomic mass is 9.89. The largest absolute Gasteiger partial charge is 0.452 e. The van der Waals surface area contributed by atoms with Gasteiger partial charge in [0, 0.05) is 12.6 Å². The van der Waals surface area contributed by atoms with E-state index in [-0.39, 0.29) is 30.0 Å². The van der Waals surface area contributed by atoms with Crippen LogP contribution in [-0.4, -0.2) is 24.4 Å². The first-order chi connectivity index (χ1) is 13.9. The second-order valence-corrected chi connectivity index (χ2v) is 7.36. The average Bonchev–Trinajstić information content (AvgIpc) is 2.71. The molecule has 0 fully saturated rings. The van der Waals surface area contributed by atoms with E-state index in [0.29, 0.717) is 5.69 Å². The van der Waals surface area contributed by atoms with Gasteiger partial charge in [0.25, 0.3) is 5.91 Å². The topological polar surface area (TPSA) is 84.5 Å².